The van der Waals surface area contributed by atoms with Crippen LogP contribution in [-0.4, -0.2) is 57.2 Å². The number of aromatic carboxylic acids is 1. The lowest BCUT2D eigenvalue weighted by molar-refractivity contribution is 0.0364. The van der Waals surface area contributed by atoms with E-state index >= 15 is 0 Å². The van der Waals surface area contributed by atoms with E-state index < -0.39 is 29.5 Å². The van der Waals surface area contributed by atoms with Crippen molar-refractivity contribution < 1.29 is 24.2 Å². The molecular formula is C31H39N5O5. The molecule has 0 spiro atoms. The van der Waals surface area contributed by atoms with E-state index in [1.807, 2.05) is 74.5 Å². The zero-order valence-corrected chi connectivity index (χ0v) is 24.2. The molecule has 5 N–H and O–H groups in total. The summed E-state index contributed by atoms with van der Waals surface area (Å²) in [6.45, 7) is 9.37. The molecule has 1 aromatic heterocycles. The number of hydrogen-bond acceptors (Lipinski definition) is 5. The van der Waals surface area contributed by atoms with E-state index in [9.17, 15) is 19.5 Å². The summed E-state index contributed by atoms with van der Waals surface area (Å²) in [5, 5.41) is 21.0. The first-order valence-corrected chi connectivity index (χ1v) is 13.6. The van der Waals surface area contributed by atoms with Crippen molar-refractivity contribution in [3.05, 3.63) is 71.9 Å². The van der Waals surface area contributed by atoms with Gasteiger partial charge in [-0.05, 0) is 58.6 Å². The van der Waals surface area contributed by atoms with Gasteiger partial charge in [-0.1, -0.05) is 60.7 Å². The molecule has 0 aliphatic heterocycles. The van der Waals surface area contributed by atoms with Crippen molar-refractivity contribution in [1.29, 1.82) is 5.41 Å². The molecule has 0 saturated heterocycles. The molecule has 0 radical (unpaired) electrons. The van der Waals surface area contributed by atoms with Gasteiger partial charge in [0.15, 0.2) is 5.96 Å². The summed E-state index contributed by atoms with van der Waals surface area (Å²) in [6, 6.07) is 18.4. The SMILES string of the molecule is CC(C)n1c(C(=O)NCCCCN(C(=N)N)C(=O)OC(C)(C)C)c(C(=O)O)c(-c2ccccc2)c1-c1ccccc1. The first-order chi connectivity index (χ1) is 19.3. The maximum absolute atomic E-state index is 13.7. The lowest BCUT2D eigenvalue weighted by Crippen LogP contribution is -2.44. The van der Waals surface area contributed by atoms with Gasteiger partial charge in [0.05, 0.1) is 11.3 Å². The lowest BCUT2D eigenvalue weighted by atomic mass is 9.96. The molecule has 218 valence electrons. The fourth-order valence-corrected chi connectivity index (χ4v) is 4.61. The molecule has 3 rings (SSSR count). The van der Waals surface area contributed by atoms with Gasteiger partial charge in [-0.2, -0.15) is 0 Å². The third-order valence-electron chi connectivity index (χ3n) is 6.26. The average molecular weight is 562 g/mol. The van der Waals surface area contributed by atoms with E-state index in [2.05, 4.69) is 5.32 Å². The molecule has 0 saturated carbocycles. The number of benzene rings is 2. The standard InChI is InChI=1S/C31H39N5O5/c1-20(2)36-25(22-16-10-7-11-17-22)23(21-14-8-6-9-15-21)24(28(38)39)26(36)27(37)34-18-12-13-19-35(29(32)33)30(40)41-31(3,4)5/h6-11,14-17,20H,12-13,18-19H2,1-5H3,(H3,32,33)(H,34,37)(H,38,39). The molecule has 1 heterocycles. The summed E-state index contributed by atoms with van der Waals surface area (Å²) in [5.41, 5.74) is 7.49. The van der Waals surface area contributed by atoms with Gasteiger partial charge in [0.1, 0.15) is 11.3 Å². The Labute approximate surface area is 240 Å². The Bertz CT molecular complexity index is 1390. The van der Waals surface area contributed by atoms with Gasteiger partial charge < -0.3 is 25.5 Å². The summed E-state index contributed by atoms with van der Waals surface area (Å²) in [6.07, 6.45) is 0.178. The number of aromatic nitrogens is 1. The van der Waals surface area contributed by atoms with E-state index in [1.54, 1.807) is 25.3 Å². The van der Waals surface area contributed by atoms with Crippen LogP contribution in [-0.2, 0) is 4.74 Å². The molecule has 41 heavy (non-hydrogen) atoms. The average Bonchev–Trinajstić information content (AvgIpc) is 3.27. The van der Waals surface area contributed by atoms with Crippen molar-refractivity contribution in [2.45, 2.75) is 59.1 Å². The molecule has 3 aromatic rings. The number of amides is 2. The third-order valence-corrected chi connectivity index (χ3v) is 6.26. The Morgan fingerprint density at radius 2 is 1.56 bits per heavy atom. The number of nitrogens with two attached hydrogens (primary N) is 1. The van der Waals surface area contributed by atoms with Crippen LogP contribution in [0, 0.1) is 5.41 Å². The summed E-state index contributed by atoms with van der Waals surface area (Å²) in [5.74, 6) is -2.13. The monoisotopic (exact) mass is 561 g/mol. The number of hydrogen-bond donors (Lipinski definition) is 4. The zero-order chi connectivity index (χ0) is 30.3. The Kier molecular flexibility index (Phi) is 9.94. The minimum Gasteiger partial charge on any atom is -0.478 e. The number of rotatable bonds is 10. The van der Waals surface area contributed by atoms with Crippen LogP contribution in [0.5, 0.6) is 0 Å². The third kappa shape index (κ3) is 7.53. The van der Waals surface area contributed by atoms with Crippen LogP contribution >= 0.6 is 0 Å². The number of unbranched alkanes of at least 4 members (excludes halogenated alkanes) is 1. The quantitative estimate of drug-likeness (QED) is 0.141. The van der Waals surface area contributed by atoms with Crippen LogP contribution in [0.25, 0.3) is 22.4 Å². The number of ether oxygens (including phenoxy) is 1. The normalized spacial score (nSPS) is 11.3. The molecule has 0 aliphatic carbocycles. The summed E-state index contributed by atoms with van der Waals surface area (Å²) in [7, 11) is 0. The van der Waals surface area contributed by atoms with Crippen LogP contribution in [0.1, 0.15) is 74.3 Å². The minimum absolute atomic E-state index is 0.0612. The Hall–Kier alpha value is -4.60. The van der Waals surface area contributed by atoms with Crippen molar-refractivity contribution >= 4 is 23.9 Å². The van der Waals surface area contributed by atoms with E-state index in [4.69, 9.17) is 15.9 Å². The second-order valence-electron chi connectivity index (χ2n) is 10.9. The molecule has 10 nitrogen and oxygen atoms in total. The lowest BCUT2D eigenvalue weighted by Gasteiger charge is -2.26. The molecular weight excluding hydrogens is 522 g/mol. The highest BCUT2D eigenvalue weighted by Crippen LogP contribution is 2.41. The number of nitrogens with zero attached hydrogens (tertiary/aromatic N) is 2. The number of carbonyl (C=O) groups is 3. The first kappa shape index (κ1) is 30.9. The zero-order valence-electron chi connectivity index (χ0n) is 24.2. The molecule has 0 unspecified atom stereocenters. The van der Waals surface area contributed by atoms with E-state index in [0.29, 0.717) is 29.7 Å². The molecule has 2 aromatic carbocycles. The fraction of sp³-hybridized carbons (Fsp3) is 0.355. The van der Waals surface area contributed by atoms with Gasteiger partial charge in [-0.3, -0.25) is 10.2 Å². The second-order valence-corrected chi connectivity index (χ2v) is 10.9. The van der Waals surface area contributed by atoms with Crippen molar-refractivity contribution in [1.82, 2.24) is 14.8 Å². The highest BCUT2D eigenvalue weighted by molar-refractivity contribution is 6.11. The van der Waals surface area contributed by atoms with Crippen LogP contribution < -0.4 is 11.1 Å². The summed E-state index contributed by atoms with van der Waals surface area (Å²) in [4.78, 5) is 39.8. The number of carbonyl (C=O) groups excluding carboxylic acids is 2. The predicted molar refractivity (Wildman–Crippen MR) is 159 cm³/mol. The largest absolute Gasteiger partial charge is 0.478 e. The van der Waals surface area contributed by atoms with Crippen molar-refractivity contribution in [3.63, 3.8) is 0 Å². The van der Waals surface area contributed by atoms with Gasteiger partial charge in [0, 0.05) is 24.7 Å². The Morgan fingerprint density at radius 3 is 2.05 bits per heavy atom. The predicted octanol–water partition coefficient (Wildman–Crippen LogP) is 5.74. The van der Waals surface area contributed by atoms with Gasteiger partial charge in [-0.25, -0.2) is 14.5 Å². The molecule has 2 amide bonds. The Morgan fingerprint density at radius 1 is 1.00 bits per heavy atom. The van der Waals surface area contributed by atoms with Crippen LogP contribution in [0.2, 0.25) is 0 Å². The summed E-state index contributed by atoms with van der Waals surface area (Å²) >= 11 is 0. The van der Waals surface area contributed by atoms with E-state index in [0.717, 1.165) is 10.5 Å². The maximum atomic E-state index is 13.7. The first-order valence-electron chi connectivity index (χ1n) is 13.6. The topological polar surface area (TPSA) is 151 Å². The smallest absolute Gasteiger partial charge is 0.417 e. The fourth-order valence-electron chi connectivity index (χ4n) is 4.61. The molecule has 0 aliphatic rings. The van der Waals surface area contributed by atoms with E-state index in [1.165, 1.54) is 0 Å². The highest BCUT2D eigenvalue weighted by atomic mass is 16.6. The number of nitrogens with one attached hydrogen (secondary N) is 2. The highest BCUT2D eigenvalue weighted by Gasteiger charge is 2.33. The molecule has 0 atom stereocenters. The molecule has 0 bridgehead atoms. The van der Waals surface area contributed by atoms with Crippen molar-refractivity contribution in [2.75, 3.05) is 13.1 Å². The van der Waals surface area contributed by atoms with Crippen molar-refractivity contribution in [3.8, 4) is 22.4 Å². The van der Waals surface area contributed by atoms with Crippen molar-refractivity contribution in [2.24, 2.45) is 5.73 Å². The van der Waals surface area contributed by atoms with Gasteiger partial charge in [0.2, 0.25) is 0 Å². The number of guanidine groups is 1. The van der Waals surface area contributed by atoms with Crippen LogP contribution in [0.4, 0.5) is 4.79 Å². The molecule has 0 fully saturated rings. The van der Waals surface area contributed by atoms with Gasteiger partial charge >= 0.3 is 12.1 Å². The van der Waals surface area contributed by atoms with Gasteiger partial charge in [-0.15, -0.1) is 0 Å². The summed E-state index contributed by atoms with van der Waals surface area (Å²) < 4.78 is 7.10. The second kappa shape index (κ2) is 13.2. The Balaban J connectivity index is 1.91. The van der Waals surface area contributed by atoms with Gasteiger partial charge in [0.25, 0.3) is 5.91 Å². The number of carboxylic acid groups (broad SMARTS) is 1. The van der Waals surface area contributed by atoms with Crippen LogP contribution in [0.3, 0.4) is 0 Å². The van der Waals surface area contributed by atoms with E-state index in [-0.39, 0.29) is 30.4 Å². The van der Waals surface area contributed by atoms with Crippen LogP contribution in [0.15, 0.2) is 60.7 Å². The minimum atomic E-state index is -1.19. The number of carboxylic acids is 1. The maximum Gasteiger partial charge on any atom is 0.417 e. The molecule has 10 heteroatoms.